The number of amides is 2. The Hall–Kier alpha value is -2.48. The minimum atomic E-state index is -0.614. The Morgan fingerprint density at radius 1 is 1.03 bits per heavy atom. The molecular weight excluding hydrogens is 510 g/mol. The van der Waals surface area contributed by atoms with Crippen LogP contribution in [0.2, 0.25) is 0 Å². The zero-order valence-electron chi connectivity index (χ0n) is 23.4. The summed E-state index contributed by atoms with van der Waals surface area (Å²) in [6.07, 6.45) is 11.6. The topological polar surface area (TPSA) is 70.2 Å². The molecule has 2 aliphatic heterocycles. The fourth-order valence-corrected chi connectivity index (χ4v) is 7.95. The van der Waals surface area contributed by atoms with Gasteiger partial charge in [0.2, 0.25) is 5.91 Å². The van der Waals surface area contributed by atoms with Crippen LogP contribution >= 0.6 is 12.2 Å². The second-order valence-corrected chi connectivity index (χ2v) is 12.2. The number of benzene rings is 1. The quantitative estimate of drug-likeness (QED) is 0.325. The number of hydrogen-bond donors (Lipinski definition) is 0. The number of hydrogen-bond acceptors (Lipinski definition) is 5. The molecule has 4 fully saturated rings. The normalized spacial score (nSPS) is 28.5. The molecule has 1 aromatic carbocycles. The van der Waals surface area contributed by atoms with Crippen LogP contribution in [0.15, 0.2) is 30.3 Å². The Labute approximate surface area is 238 Å². The number of ether oxygens (including phenoxy) is 1. The zero-order chi connectivity index (χ0) is 27.5. The highest BCUT2D eigenvalue weighted by atomic mass is 32.1. The molecule has 5 rings (SSSR count). The average Bonchev–Trinajstić information content (AvgIpc) is 3.47. The maximum Gasteiger partial charge on any atom is 0.329 e. The lowest BCUT2D eigenvalue weighted by atomic mass is 9.84. The summed E-state index contributed by atoms with van der Waals surface area (Å²) in [5, 5.41) is 0.494. The number of esters is 1. The van der Waals surface area contributed by atoms with Crippen LogP contribution in [0.25, 0.3) is 0 Å². The summed E-state index contributed by atoms with van der Waals surface area (Å²) in [6.45, 7) is 4.14. The van der Waals surface area contributed by atoms with Crippen LogP contribution < -0.4 is 0 Å². The van der Waals surface area contributed by atoms with Gasteiger partial charge in [-0.25, -0.2) is 4.79 Å². The molecule has 0 spiro atoms. The van der Waals surface area contributed by atoms with Gasteiger partial charge < -0.3 is 14.5 Å². The van der Waals surface area contributed by atoms with E-state index < -0.39 is 18.1 Å². The first-order valence-electron chi connectivity index (χ1n) is 15.1. The summed E-state index contributed by atoms with van der Waals surface area (Å²) in [5.41, 5.74) is 0.929. The number of nitrogens with zero attached hydrogens (tertiary/aromatic N) is 3. The molecule has 0 bridgehead atoms. The van der Waals surface area contributed by atoms with Crippen LogP contribution in [0.1, 0.15) is 96.5 Å². The van der Waals surface area contributed by atoms with E-state index in [1.54, 1.807) is 0 Å². The van der Waals surface area contributed by atoms with Crippen molar-refractivity contribution in [3.05, 3.63) is 35.9 Å². The molecular formula is C31H43N3O4S. The lowest BCUT2D eigenvalue weighted by Crippen LogP contribution is -2.56. The van der Waals surface area contributed by atoms with Gasteiger partial charge >= 0.3 is 5.97 Å². The fourth-order valence-electron chi connectivity index (χ4n) is 7.43. The van der Waals surface area contributed by atoms with Crippen molar-refractivity contribution in [2.75, 3.05) is 0 Å². The summed E-state index contributed by atoms with van der Waals surface area (Å²) in [6, 6.07) is 8.19. The van der Waals surface area contributed by atoms with Gasteiger partial charge in [0.1, 0.15) is 24.7 Å². The third-order valence-corrected chi connectivity index (χ3v) is 9.81. The van der Waals surface area contributed by atoms with E-state index in [1.165, 1.54) is 6.42 Å². The second kappa shape index (κ2) is 12.4. The number of carbonyl (C=O) groups is 3. The largest absolute Gasteiger partial charge is 0.459 e. The van der Waals surface area contributed by atoms with Crippen LogP contribution in [0.5, 0.6) is 0 Å². The number of rotatable bonds is 8. The molecule has 7 nitrogen and oxygen atoms in total. The van der Waals surface area contributed by atoms with Gasteiger partial charge in [0, 0.05) is 12.1 Å². The third kappa shape index (κ3) is 5.59. The first-order chi connectivity index (χ1) is 18.9. The first kappa shape index (κ1) is 28.1. The van der Waals surface area contributed by atoms with Gasteiger partial charge in [-0.05, 0) is 69.1 Å². The molecule has 2 saturated heterocycles. The smallest absolute Gasteiger partial charge is 0.329 e. The van der Waals surface area contributed by atoms with Crippen molar-refractivity contribution in [2.24, 2.45) is 5.92 Å². The lowest BCUT2D eigenvalue weighted by molar-refractivity contribution is -0.157. The summed E-state index contributed by atoms with van der Waals surface area (Å²) in [5.74, 6) is -0.0821. The number of carbonyl (C=O) groups excluding carboxylic acids is 3. The Kier molecular flexibility index (Phi) is 8.89. The summed E-state index contributed by atoms with van der Waals surface area (Å²) in [7, 11) is 0. The molecule has 2 heterocycles. The van der Waals surface area contributed by atoms with Gasteiger partial charge in [-0.3, -0.25) is 14.5 Å². The van der Waals surface area contributed by atoms with Gasteiger partial charge in [-0.2, -0.15) is 0 Å². The second-order valence-electron chi connectivity index (χ2n) is 11.9. The standard InChI is InChI=1S/C31H43N3O4S/c1-3-12-26-29(36)33(24-16-8-5-9-17-24)31(39)32(26)21(2)28(35)34-25-18-11-10-15-23(25)19-27(34)30(37)38-20-22-13-6-4-7-14-22/h4,6-7,13-14,21,23-27H,3,5,8-12,15-20H2,1-2H3/t21-,23-,25-,26?,27+/m0/s1. The number of fused-ring (bicyclic) bond motifs is 1. The van der Waals surface area contributed by atoms with Gasteiger partial charge in [0.25, 0.3) is 5.91 Å². The predicted molar refractivity (Wildman–Crippen MR) is 154 cm³/mol. The van der Waals surface area contributed by atoms with Crippen LogP contribution in [0, 0.1) is 5.92 Å². The summed E-state index contributed by atoms with van der Waals surface area (Å²) >= 11 is 5.94. The van der Waals surface area contributed by atoms with E-state index >= 15 is 0 Å². The Morgan fingerprint density at radius 3 is 2.44 bits per heavy atom. The Balaban J connectivity index is 1.37. The molecule has 1 aromatic rings. The maximum absolute atomic E-state index is 14.3. The Bertz CT molecular complexity index is 1060. The van der Waals surface area contributed by atoms with Gasteiger partial charge in [0.15, 0.2) is 5.11 Å². The minimum Gasteiger partial charge on any atom is -0.459 e. The summed E-state index contributed by atoms with van der Waals surface area (Å²) in [4.78, 5) is 47.0. The molecule has 8 heteroatoms. The highest BCUT2D eigenvalue weighted by molar-refractivity contribution is 7.80. The van der Waals surface area contributed by atoms with Crippen molar-refractivity contribution < 1.29 is 19.1 Å². The van der Waals surface area contributed by atoms with E-state index in [4.69, 9.17) is 17.0 Å². The van der Waals surface area contributed by atoms with Crippen LogP contribution in [-0.2, 0) is 25.7 Å². The lowest BCUT2D eigenvalue weighted by Gasteiger charge is -2.38. The van der Waals surface area contributed by atoms with Crippen LogP contribution in [0.4, 0.5) is 0 Å². The maximum atomic E-state index is 14.3. The Morgan fingerprint density at radius 2 is 1.72 bits per heavy atom. The molecule has 2 aliphatic carbocycles. The van der Waals surface area contributed by atoms with Crippen molar-refractivity contribution >= 4 is 35.1 Å². The monoisotopic (exact) mass is 553 g/mol. The molecule has 2 saturated carbocycles. The van der Waals surface area contributed by atoms with E-state index in [9.17, 15) is 14.4 Å². The van der Waals surface area contributed by atoms with Gasteiger partial charge in [-0.15, -0.1) is 0 Å². The van der Waals surface area contributed by atoms with Crippen molar-refractivity contribution in [3.63, 3.8) is 0 Å². The van der Waals surface area contributed by atoms with E-state index in [1.807, 2.05) is 52.0 Å². The molecule has 212 valence electrons. The van der Waals surface area contributed by atoms with Gasteiger partial charge in [-0.1, -0.05) is 75.8 Å². The van der Waals surface area contributed by atoms with Crippen LogP contribution in [-0.4, -0.2) is 67.8 Å². The van der Waals surface area contributed by atoms with E-state index in [0.29, 0.717) is 23.9 Å². The van der Waals surface area contributed by atoms with E-state index in [2.05, 4.69) is 6.92 Å². The van der Waals surface area contributed by atoms with Crippen LogP contribution in [0.3, 0.4) is 0 Å². The minimum absolute atomic E-state index is 0.0360. The first-order valence-corrected chi connectivity index (χ1v) is 15.5. The highest BCUT2D eigenvalue weighted by Crippen LogP contribution is 2.41. The van der Waals surface area contributed by atoms with Crippen molar-refractivity contribution in [2.45, 2.75) is 128 Å². The molecule has 0 radical (unpaired) electrons. The number of likely N-dealkylation sites (tertiary alicyclic amines) is 1. The fraction of sp³-hybridized carbons (Fsp3) is 0.677. The zero-order valence-corrected chi connectivity index (χ0v) is 24.2. The van der Waals surface area contributed by atoms with Crippen molar-refractivity contribution in [3.8, 4) is 0 Å². The predicted octanol–water partition coefficient (Wildman–Crippen LogP) is 5.21. The van der Waals surface area contributed by atoms with Crippen molar-refractivity contribution in [1.29, 1.82) is 0 Å². The molecule has 4 aliphatic rings. The molecule has 0 aromatic heterocycles. The average molecular weight is 554 g/mol. The molecule has 0 N–H and O–H groups in total. The SMILES string of the molecule is CCCC1C(=O)N(C2CCCCC2)C(=S)N1[C@@H](C)C(=O)N1[C@@H](C(=O)OCc2ccccc2)C[C@@H]2CCCC[C@@H]21. The molecule has 1 unspecified atom stereocenters. The molecule has 39 heavy (non-hydrogen) atoms. The molecule has 2 amide bonds. The highest BCUT2D eigenvalue weighted by Gasteiger charge is 2.53. The molecule has 5 atom stereocenters. The third-order valence-electron chi connectivity index (χ3n) is 9.40. The number of thiocarbonyl (C=S) groups is 1. The van der Waals surface area contributed by atoms with E-state index in [-0.39, 0.29) is 36.5 Å². The summed E-state index contributed by atoms with van der Waals surface area (Å²) < 4.78 is 5.76. The van der Waals surface area contributed by atoms with Gasteiger partial charge in [0.05, 0.1) is 0 Å². The van der Waals surface area contributed by atoms with Crippen molar-refractivity contribution in [1.82, 2.24) is 14.7 Å². The van der Waals surface area contributed by atoms with E-state index in [0.717, 1.165) is 63.4 Å².